The van der Waals surface area contributed by atoms with Crippen LogP contribution in [0.15, 0.2) is 0 Å². The van der Waals surface area contributed by atoms with Crippen LogP contribution in [-0.4, -0.2) is 58.3 Å². The van der Waals surface area contributed by atoms with Crippen LogP contribution >= 0.6 is 0 Å². The van der Waals surface area contributed by atoms with Gasteiger partial charge in [0.05, 0.1) is 12.2 Å². The van der Waals surface area contributed by atoms with Crippen molar-refractivity contribution in [3.05, 3.63) is 17.0 Å². The van der Waals surface area contributed by atoms with Gasteiger partial charge in [0, 0.05) is 32.2 Å². The number of carbonyl (C=O) groups excluding carboxylic acids is 3. The second-order valence-electron chi connectivity index (χ2n) is 7.23. The molecule has 0 bridgehead atoms. The van der Waals surface area contributed by atoms with Gasteiger partial charge in [-0.3, -0.25) is 14.3 Å². The largest absolute Gasteiger partial charge is 0.444 e. The minimum Gasteiger partial charge on any atom is -0.444 e. The van der Waals surface area contributed by atoms with Crippen LogP contribution in [0.3, 0.4) is 0 Å². The summed E-state index contributed by atoms with van der Waals surface area (Å²) >= 11 is 0. The van der Waals surface area contributed by atoms with Gasteiger partial charge in [0.1, 0.15) is 5.60 Å². The molecule has 0 fully saturated rings. The lowest BCUT2D eigenvalue weighted by Gasteiger charge is -2.30. The van der Waals surface area contributed by atoms with Crippen molar-refractivity contribution >= 4 is 18.4 Å². The Morgan fingerprint density at radius 2 is 2.04 bits per heavy atom. The third-order valence-electron chi connectivity index (χ3n) is 3.98. The Bertz CT molecular complexity index is 677. The van der Waals surface area contributed by atoms with E-state index in [0.29, 0.717) is 51.1 Å². The molecule has 3 amide bonds. The number of nitrogens with one attached hydrogen (secondary N) is 2. The maximum Gasteiger partial charge on any atom is 0.410 e. The van der Waals surface area contributed by atoms with Crippen molar-refractivity contribution in [2.75, 3.05) is 19.6 Å². The molecule has 0 radical (unpaired) electrons. The number of hydrogen-bond acceptors (Lipinski definition) is 5. The first-order valence-corrected chi connectivity index (χ1v) is 8.71. The fourth-order valence-electron chi connectivity index (χ4n) is 2.77. The van der Waals surface area contributed by atoms with E-state index in [1.54, 1.807) is 16.6 Å². The molecule has 1 aromatic heterocycles. The lowest BCUT2D eigenvalue weighted by molar-refractivity contribution is -0.109. The molecule has 26 heavy (non-hydrogen) atoms. The van der Waals surface area contributed by atoms with E-state index in [1.165, 1.54) is 0 Å². The number of ether oxygens (including phenoxy) is 1. The zero-order chi connectivity index (χ0) is 19.3. The van der Waals surface area contributed by atoms with E-state index in [1.807, 2.05) is 20.8 Å². The first-order valence-electron chi connectivity index (χ1n) is 8.71. The predicted molar refractivity (Wildman–Crippen MR) is 94.6 cm³/mol. The van der Waals surface area contributed by atoms with Crippen molar-refractivity contribution in [2.24, 2.45) is 7.05 Å². The van der Waals surface area contributed by atoms with E-state index >= 15 is 0 Å². The van der Waals surface area contributed by atoms with Gasteiger partial charge in [0.15, 0.2) is 5.69 Å². The molecule has 0 saturated carbocycles. The van der Waals surface area contributed by atoms with Crippen LogP contribution in [-0.2, 0) is 29.5 Å². The number of aromatic nitrogens is 2. The van der Waals surface area contributed by atoms with Crippen LogP contribution in [0.5, 0.6) is 0 Å². The SMILES string of the molecule is Cn1nc(C(=O)NCCCNC=O)c2c1CN(C(=O)OC(C)(C)C)CC2. The molecule has 9 nitrogen and oxygen atoms in total. The zero-order valence-electron chi connectivity index (χ0n) is 15.8. The molecule has 0 aromatic carbocycles. The maximum absolute atomic E-state index is 12.4. The van der Waals surface area contributed by atoms with Gasteiger partial charge in [0.2, 0.25) is 6.41 Å². The molecule has 0 unspecified atom stereocenters. The predicted octanol–water partition coefficient (Wildman–Crippen LogP) is 0.579. The molecule has 0 aliphatic carbocycles. The molecule has 0 spiro atoms. The Morgan fingerprint density at radius 3 is 2.69 bits per heavy atom. The summed E-state index contributed by atoms with van der Waals surface area (Å²) < 4.78 is 7.07. The van der Waals surface area contributed by atoms with Gasteiger partial charge in [-0.1, -0.05) is 0 Å². The molecule has 9 heteroatoms. The molecule has 144 valence electrons. The first kappa shape index (κ1) is 19.7. The topological polar surface area (TPSA) is 106 Å². The Morgan fingerprint density at radius 1 is 1.31 bits per heavy atom. The lowest BCUT2D eigenvalue weighted by atomic mass is 10.0. The van der Waals surface area contributed by atoms with E-state index in [4.69, 9.17) is 4.74 Å². The second-order valence-corrected chi connectivity index (χ2v) is 7.23. The molecule has 0 saturated heterocycles. The number of aryl methyl sites for hydroxylation is 1. The van der Waals surface area contributed by atoms with Crippen LogP contribution < -0.4 is 10.6 Å². The number of amides is 3. The van der Waals surface area contributed by atoms with Crippen molar-refractivity contribution in [3.8, 4) is 0 Å². The standard InChI is InChI=1S/C17H27N5O4/c1-17(2,3)26-16(25)22-9-6-12-13(10-22)21(4)20-14(12)15(24)19-8-5-7-18-11-23/h11H,5-10H2,1-4H3,(H,18,23)(H,19,24). The van der Waals surface area contributed by atoms with Crippen molar-refractivity contribution in [1.29, 1.82) is 0 Å². The van der Waals surface area contributed by atoms with Crippen LogP contribution in [0.4, 0.5) is 4.79 Å². The highest BCUT2D eigenvalue weighted by molar-refractivity contribution is 5.94. The van der Waals surface area contributed by atoms with Crippen LogP contribution in [0.25, 0.3) is 0 Å². The minimum absolute atomic E-state index is 0.237. The number of fused-ring (bicyclic) bond motifs is 1. The molecule has 2 heterocycles. The maximum atomic E-state index is 12.4. The molecule has 1 aromatic rings. The van der Waals surface area contributed by atoms with Gasteiger partial charge in [0.25, 0.3) is 5.91 Å². The van der Waals surface area contributed by atoms with E-state index in [0.717, 1.165) is 11.3 Å². The molecule has 1 aliphatic heterocycles. The van der Waals surface area contributed by atoms with Crippen LogP contribution in [0.2, 0.25) is 0 Å². The van der Waals surface area contributed by atoms with E-state index < -0.39 is 5.60 Å². The Kier molecular flexibility index (Phi) is 6.23. The van der Waals surface area contributed by atoms with Gasteiger partial charge in [-0.2, -0.15) is 5.10 Å². The van der Waals surface area contributed by atoms with E-state index in [9.17, 15) is 14.4 Å². The fourth-order valence-corrected chi connectivity index (χ4v) is 2.77. The summed E-state index contributed by atoms with van der Waals surface area (Å²) in [6, 6.07) is 0. The third-order valence-corrected chi connectivity index (χ3v) is 3.98. The first-order chi connectivity index (χ1) is 12.2. The quantitative estimate of drug-likeness (QED) is 0.567. The van der Waals surface area contributed by atoms with Gasteiger partial charge < -0.3 is 20.3 Å². The summed E-state index contributed by atoms with van der Waals surface area (Å²) in [5, 5.41) is 9.69. The summed E-state index contributed by atoms with van der Waals surface area (Å²) in [5.41, 5.74) is 1.56. The second kappa shape index (κ2) is 8.20. The van der Waals surface area contributed by atoms with Crippen molar-refractivity contribution in [2.45, 2.75) is 45.8 Å². The Hall–Kier alpha value is -2.58. The summed E-state index contributed by atoms with van der Waals surface area (Å²) in [7, 11) is 1.77. The molecule has 2 rings (SSSR count). The monoisotopic (exact) mass is 365 g/mol. The Labute approximate surface area is 153 Å². The summed E-state index contributed by atoms with van der Waals surface area (Å²) in [6.07, 6.45) is 1.47. The number of hydrogen-bond donors (Lipinski definition) is 2. The highest BCUT2D eigenvalue weighted by Crippen LogP contribution is 2.23. The average Bonchev–Trinajstić information content (AvgIpc) is 2.89. The summed E-state index contributed by atoms with van der Waals surface area (Å²) in [4.78, 5) is 36.5. The average molecular weight is 365 g/mol. The van der Waals surface area contributed by atoms with E-state index in [-0.39, 0.29) is 12.0 Å². The Balaban J connectivity index is 2.01. The third kappa shape index (κ3) is 4.96. The minimum atomic E-state index is -0.548. The molecular weight excluding hydrogens is 338 g/mol. The summed E-state index contributed by atoms with van der Waals surface area (Å²) in [5.74, 6) is -0.237. The van der Waals surface area contributed by atoms with Crippen LogP contribution in [0, 0.1) is 0 Å². The zero-order valence-corrected chi connectivity index (χ0v) is 15.8. The fraction of sp³-hybridized carbons (Fsp3) is 0.647. The van der Waals surface area contributed by atoms with Gasteiger partial charge in [-0.25, -0.2) is 4.79 Å². The normalized spacial score (nSPS) is 13.8. The molecule has 2 N–H and O–H groups in total. The number of nitrogens with zero attached hydrogens (tertiary/aromatic N) is 3. The number of carbonyl (C=O) groups is 3. The van der Waals surface area contributed by atoms with E-state index in [2.05, 4.69) is 15.7 Å². The highest BCUT2D eigenvalue weighted by Gasteiger charge is 2.31. The molecule has 0 atom stereocenters. The molecular formula is C17H27N5O4. The van der Waals surface area contributed by atoms with Crippen molar-refractivity contribution in [3.63, 3.8) is 0 Å². The van der Waals surface area contributed by atoms with Gasteiger partial charge in [-0.05, 0) is 33.6 Å². The van der Waals surface area contributed by atoms with Crippen molar-refractivity contribution < 1.29 is 19.1 Å². The number of rotatable bonds is 6. The van der Waals surface area contributed by atoms with Gasteiger partial charge >= 0.3 is 6.09 Å². The van der Waals surface area contributed by atoms with Crippen LogP contribution in [0.1, 0.15) is 48.9 Å². The van der Waals surface area contributed by atoms with Crippen molar-refractivity contribution in [1.82, 2.24) is 25.3 Å². The highest BCUT2D eigenvalue weighted by atomic mass is 16.6. The van der Waals surface area contributed by atoms with Gasteiger partial charge in [-0.15, -0.1) is 0 Å². The molecule has 1 aliphatic rings. The summed E-state index contributed by atoms with van der Waals surface area (Å²) in [6.45, 7) is 7.30. The lowest BCUT2D eigenvalue weighted by Crippen LogP contribution is -2.40. The smallest absolute Gasteiger partial charge is 0.410 e.